The molecule has 6 rings (SSSR count). The molecule has 2 heterocycles. The van der Waals surface area contributed by atoms with E-state index in [4.69, 9.17) is 5.10 Å². The van der Waals surface area contributed by atoms with Gasteiger partial charge in [-0.05, 0) is 42.8 Å². The standard InChI is InChI=1S/C31H26N4O2S/c1-23-17-19-25(20-18-23)31-28(22-34(33-31)26-13-7-3-8-14-26)30-21-29(24-11-5-2-6-12-24)32-35(30)38(36,37)27-15-9-4-10-16-27/h2-22,30,32H,1H3/t30-/m1/s1. The van der Waals surface area contributed by atoms with Crippen LogP contribution in [0.15, 0.2) is 132 Å². The Bertz CT molecular complexity index is 1700. The van der Waals surface area contributed by atoms with Gasteiger partial charge in [-0.2, -0.15) is 5.10 Å². The largest absolute Gasteiger partial charge is 0.304 e. The lowest BCUT2D eigenvalue weighted by Gasteiger charge is -2.24. The number of aromatic nitrogens is 2. The lowest BCUT2D eigenvalue weighted by Crippen LogP contribution is -2.39. The van der Waals surface area contributed by atoms with Gasteiger partial charge in [-0.15, -0.1) is 4.41 Å². The Hall–Kier alpha value is -4.46. The van der Waals surface area contributed by atoms with Gasteiger partial charge in [0.15, 0.2) is 0 Å². The van der Waals surface area contributed by atoms with Crippen LogP contribution in [0.5, 0.6) is 0 Å². The fourth-order valence-corrected chi connectivity index (χ4v) is 6.03. The van der Waals surface area contributed by atoms with Crippen LogP contribution in [0.2, 0.25) is 0 Å². The van der Waals surface area contributed by atoms with Gasteiger partial charge in [0.2, 0.25) is 0 Å². The van der Waals surface area contributed by atoms with Gasteiger partial charge in [-0.1, -0.05) is 96.6 Å². The first-order chi connectivity index (χ1) is 18.5. The second-order valence-electron chi connectivity index (χ2n) is 9.20. The Kier molecular flexibility index (Phi) is 6.15. The van der Waals surface area contributed by atoms with Crippen LogP contribution in [0.25, 0.3) is 22.6 Å². The molecule has 1 aliphatic rings. The summed E-state index contributed by atoms with van der Waals surface area (Å²) in [5.74, 6) is 0. The highest BCUT2D eigenvalue weighted by molar-refractivity contribution is 7.89. The number of para-hydroxylation sites is 1. The summed E-state index contributed by atoms with van der Waals surface area (Å²) in [6, 6.07) is 35.6. The van der Waals surface area contributed by atoms with E-state index >= 15 is 0 Å². The number of aryl methyl sites for hydroxylation is 1. The van der Waals surface area contributed by atoms with E-state index in [0.717, 1.165) is 39.3 Å². The van der Waals surface area contributed by atoms with Crippen molar-refractivity contribution in [3.63, 3.8) is 0 Å². The summed E-state index contributed by atoms with van der Waals surface area (Å²) in [5, 5.41) is 4.95. The predicted octanol–water partition coefficient (Wildman–Crippen LogP) is 6.14. The number of nitrogens with zero attached hydrogens (tertiary/aromatic N) is 3. The highest BCUT2D eigenvalue weighted by Crippen LogP contribution is 2.39. The topological polar surface area (TPSA) is 67.2 Å². The third kappa shape index (κ3) is 4.42. The van der Waals surface area contributed by atoms with Crippen LogP contribution >= 0.6 is 0 Å². The molecule has 0 saturated carbocycles. The number of hydrogen-bond acceptors (Lipinski definition) is 4. The average molecular weight is 519 g/mol. The number of sulfonamides is 1. The fourth-order valence-electron chi connectivity index (χ4n) is 4.61. The number of nitrogens with one attached hydrogen (secondary N) is 1. The summed E-state index contributed by atoms with van der Waals surface area (Å²) in [5.41, 5.74) is 9.26. The first-order valence-electron chi connectivity index (χ1n) is 12.4. The minimum Gasteiger partial charge on any atom is -0.304 e. The molecule has 0 bridgehead atoms. The van der Waals surface area contributed by atoms with E-state index in [1.54, 1.807) is 30.3 Å². The van der Waals surface area contributed by atoms with Gasteiger partial charge >= 0.3 is 0 Å². The van der Waals surface area contributed by atoms with Gasteiger partial charge in [0, 0.05) is 17.3 Å². The summed E-state index contributed by atoms with van der Waals surface area (Å²) in [6.45, 7) is 2.04. The molecule has 0 saturated heterocycles. The van der Waals surface area contributed by atoms with Crippen LogP contribution in [-0.4, -0.2) is 22.6 Å². The first-order valence-corrected chi connectivity index (χ1v) is 13.8. The molecule has 1 N–H and O–H groups in total. The lowest BCUT2D eigenvalue weighted by molar-refractivity contribution is 0.348. The van der Waals surface area contributed by atoms with Gasteiger partial charge in [-0.3, -0.25) is 0 Å². The van der Waals surface area contributed by atoms with E-state index in [1.807, 2.05) is 109 Å². The number of benzene rings is 4. The summed E-state index contributed by atoms with van der Waals surface area (Å²) >= 11 is 0. The van der Waals surface area contributed by atoms with E-state index in [1.165, 1.54) is 4.41 Å². The maximum atomic E-state index is 14.0. The smallest absolute Gasteiger partial charge is 0.260 e. The van der Waals surface area contributed by atoms with Crippen molar-refractivity contribution in [2.24, 2.45) is 0 Å². The third-order valence-corrected chi connectivity index (χ3v) is 8.30. The van der Waals surface area contributed by atoms with Crippen molar-refractivity contribution in [1.82, 2.24) is 19.6 Å². The molecule has 1 aliphatic heterocycles. The second-order valence-corrected chi connectivity index (χ2v) is 11.0. The predicted molar refractivity (Wildman–Crippen MR) is 149 cm³/mol. The molecule has 0 radical (unpaired) electrons. The van der Waals surface area contributed by atoms with Crippen molar-refractivity contribution in [3.05, 3.63) is 144 Å². The molecule has 0 aliphatic carbocycles. The molecule has 4 aromatic carbocycles. The zero-order chi connectivity index (χ0) is 26.1. The maximum Gasteiger partial charge on any atom is 0.260 e. The Morgan fingerprint density at radius 3 is 2.00 bits per heavy atom. The van der Waals surface area contributed by atoms with Crippen LogP contribution < -0.4 is 5.43 Å². The van der Waals surface area contributed by atoms with Crippen molar-refractivity contribution in [3.8, 4) is 16.9 Å². The van der Waals surface area contributed by atoms with Crippen molar-refractivity contribution in [1.29, 1.82) is 0 Å². The van der Waals surface area contributed by atoms with Gasteiger partial charge < -0.3 is 5.43 Å². The molecule has 0 spiro atoms. The van der Waals surface area contributed by atoms with Crippen LogP contribution in [-0.2, 0) is 10.0 Å². The number of hydrogen-bond donors (Lipinski definition) is 1. The SMILES string of the molecule is Cc1ccc(-c2nn(-c3ccccc3)cc2[C@H]2C=C(c3ccccc3)NN2S(=O)(=O)c2ccccc2)cc1. The van der Waals surface area contributed by atoms with E-state index in [0.29, 0.717) is 0 Å². The Balaban J connectivity index is 1.55. The monoisotopic (exact) mass is 518 g/mol. The third-order valence-electron chi connectivity index (χ3n) is 6.60. The highest BCUT2D eigenvalue weighted by atomic mass is 32.2. The molecule has 0 unspecified atom stereocenters. The van der Waals surface area contributed by atoms with E-state index in [9.17, 15) is 8.42 Å². The van der Waals surface area contributed by atoms with Gasteiger partial charge in [0.05, 0.1) is 28.0 Å². The van der Waals surface area contributed by atoms with E-state index in [-0.39, 0.29) is 4.90 Å². The van der Waals surface area contributed by atoms with Crippen LogP contribution in [0.3, 0.4) is 0 Å². The first kappa shape index (κ1) is 23.9. The summed E-state index contributed by atoms with van der Waals surface area (Å²) < 4.78 is 31.1. The van der Waals surface area contributed by atoms with Gasteiger partial charge in [0.1, 0.15) is 0 Å². The highest BCUT2D eigenvalue weighted by Gasteiger charge is 2.39. The minimum absolute atomic E-state index is 0.215. The Morgan fingerprint density at radius 1 is 0.737 bits per heavy atom. The van der Waals surface area contributed by atoms with Crippen LogP contribution in [0.4, 0.5) is 0 Å². The molecular formula is C31H26N4O2S. The molecule has 5 aromatic rings. The summed E-state index contributed by atoms with van der Waals surface area (Å²) in [6.07, 6.45) is 3.88. The van der Waals surface area contributed by atoms with E-state index in [2.05, 4.69) is 5.43 Å². The van der Waals surface area contributed by atoms with Crippen LogP contribution in [0, 0.1) is 6.92 Å². The quantitative estimate of drug-likeness (QED) is 0.293. The zero-order valence-electron chi connectivity index (χ0n) is 20.8. The normalized spacial score (nSPS) is 15.7. The van der Waals surface area contributed by atoms with Gasteiger partial charge in [-0.25, -0.2) is 13.1 Å². The molecule has 0 fully saturated rings. The molecule has 0 amide bonds. The number of hydrazine groups is 1. The summed E-state index contributed by atoms with van der Waals surface area (Å²) in [7, 11) is -3.90. The van der Waals surface area contributed by atoms with Crippen molar-refractivity contribution in [2.75, 3.05) is 0 Å². The molecule has 188 valence electrons. The molecule has 7 heteroatoms. The Labute approximate surface area is 222 Å². The van der Waals surface area contributed by atoms with Crippen molar-refractivity contribution in [2.45, 2.75) is 17.9 Å². The summed E-state index contributed by atoms with van der Waals surface area (Å²) in [4.78, 5) is 0.215. The maximum absolute atomic E-state index is 14.0. The molecule has 6 nitrogen and oxygen atoms in total. The molecule has 1 aromatic heterocycles. The zero-order valence-corrected chi connectivity index (χ0v) is 21.6. The molecule has 1 atom stereocenters. The van der Waals surface area contributed by atoms with Crippen molar-refractivity contribution < 1.29 is 8.42 Å². The van der Waals surface area contributed by atoms with Gasteiger partial charge in [0.25, 0.3) is 10.0 Å². The van der Waals surface area contributed by atoms with Crippen molar-refractivity contribution >= 4 is 15.7 Å². The minimum atomic E-state index is -3.90. The van der Waals surface area contributed by atoms with Crippen LogP contribution in [0.1, 0.15) is 22.7 Å². The fraction of sp³-hybridized carbons (Fsp3) is 0.0645. The molecule has 38 heavy (non-hydrogen) atoms. The number of rotatable bonds is 6. The average Bonchev–Trinajstić information content (AvgIpc) is 3.61. The molecular weight excluding hydrogens is 492 g/mol. The lowest BCUT2D eigenvalue weighted by atomic mass is 10.0. The van der Waals surface area contributed by atoms with E-state index < -0.39 is 16.1 Å². The Morgan fingerprint density at radius 2 is 1.34 bits per heavy atom. The second kappa shape index (κ2) is 9.78.